The Morgan fingerprint density at radius 2 is 0.645 bits per heavy atom. The lowest BCUT2D eigenvalue weighted by molar-refractivity contribution is 0.670. The lowest BCUT2D eigenvalue weighted by atomic mass is 9.93. The second kappa shape index (κ2) is 14.7. The molecule has 0 atom stereocenters. The summed E-state index contributed by atoms with van der Waals surface area (Å²) in [4.78, 5) is 10.6. The quantitative estimate of drug-likeness (QED) is 0.161. The van der Waals surface area contributed by atoms with E-state index < -0.39 is 0 Å². The zero-order chi connectivity index (χ0) is 41.0. The number of para-hydroxylation sites is 4. The monoisotopic (exact) mass is 792 g/mol. The number of aromatic nitrogens is 2. The Morgan fingerprint density at radius 3 is 1.16 bits per heavy atom. The van der Waals surface area contributed by atoms with Crippen LogP contribution in [0.15, 0.2) is 227 Å². The molecule has 0 saturated carbocycles. The molecule has 62 heavy (non-hydrogen) atoms. The van der Waals surface area contributed by atoms with Gasteiger partial charge in [-0.3, -0.25) is 0 Å². The van der Waals surface area contributed by atoms with Crippen LogP contribution in [0, 0.1) is 0 Å². The van der Waals surface area contributed by atoms with Crippen molar-refractivity contribution in [2.45, 2.75) is 0 Å². The van der Waals surface area contributed by atoms with Gasteiger partial charge in [0.15, 0.2) is 5.82 Å². The summed E-state index contributed by atoms with van der Waals surface area (Å²) in [6.07, 6.45) is 0. The summed E-state index contributed by atoms with van der Waals surface area (Å²) < 4.78 is 13.3. The maximum absolute atomic E-state index is 6.63. The van der Waals surface area contributed by atoms with E-state index in [0.29, 0.717) is 5.82 Å². The average molecular weight is 793 g/mol. The minimum Gasteiger partial charge on any atom is -0.455 e. The fourth-order valence-electron chi connectivity index (χ4n) is 8.81. The van der Waals surface area contributed by atoms with Crippen LogP contribution < -0.4 is 0 Å². The maximum atomic E-state index is 6.63. The summed E-state index contributed by atoms with van der Waals surface area (Å²) in [5, 5.41) is 4.34. The van der Waals surface area contributed by atoms with Crippen molar-refractivity contribution >= 4 is 43.9 Å². The van der Waals surface area contributed by atoms with E-state index in [1.165, 1.54) is 5.56 Å². The Bertz CT molecular complexity index is 3370. The van der Waals surface area contributed by atoms with Crippen molar-refractivity contribution in [3.8, 4) is 78.4 Å². The number of hydrogen-bond donors (Lipinski definition) is 0. The fourth-order valence-corrected chi connectivity index (χ4v) is 8.81. The zero-order valence-corrected chi connectivity index (χ0v) is 33.5. The first-order chi connectivity index (χ1) is 30.7. The molecule has 0 radical (unpaired) electrons. The smallest absolute Gasteiger partial charge is 0.160 e. The van der Waals surface area contributed by atoms with E-state index in [-0.39, 0.29) is 0 Å². The number of fused-ring (bicyclic) bond motifs is 6. The molecule has 4 nitrogen and oxygen atoms in total. The summed E-state index contributed by atoms with van der Waals surface area (Å²) in [6.45, 7) is 0. The van der Waals surface area contributed by atoms with Crippen LogP contribution in [0.2, 0.25) is 0 Å². The minimum absolute atomic E-state index is 0.648. The molecule has 3 heterocycles. The molecule has 0 unspecified atom stereocenters. The molecule has 12 rings (SSSR count). The van der Waals surface area contributed by atoms with Crippen LogP contribution in [0.25, 0.3) is 122 Å². The van der Waals surface area contributed by atoms with Crippen molar-refractivity contribution in [1.29, 1.82) is 0 Å². The topological polar surface area (TPSA) is 52.1 Å². The molecule has 12 aromatic rings. The molecule has 9 aromatic carbocycles. The van der Waals surface area contributed by atoms with Crippen LogP contribution >= 0.6 is 0 Å². The van der Waals surface area contributed by atoms with Crippen LogP contribution in [0.1, 0.15) is 0 Å². The largest absolute Gasteiger partial charge is 0.455 e. The van der Waals surface area contributed by atoms with Gasteiger partial charge in [0.2, 0.25) is 0 Å². The second-order valence-electron chi connectivity index (χ2n) is 15.7. The van der Waals surface area contributed by atoms with Gasteiger partial charge in [-0.15, -0.1) is 0 Å². The van der Waals surface area contributed by atoms with Gasteiger partial charge in [-0.2, -0.15) is 0 Å². The highest BCUT2D eigenvalue weighted by atomic mass is 16.3. The van der Waals surface area contributed by atoms with Gasteiger partial charge in [0.1, 0.15) is 22.3 Å². The molecule has 0 amide bonds. The lowest BCUT2D eigenvalue weighted by Crippen LogP contribution is -1.97. The molecule has 0 saturated heterocycles. The number of rotatable bonds is 7. The molecule has 0 aliphatic rings. The van der Waals surface area contributed by atoms with E-state index in [2.05, 4.69) is 182 Å². The van der Waals surface area contributed by atoms with E-state index in [1.54, 1.807) is 0 Å². The summed E-state index contributed by atoms with van der Waals surface area (Å²) in [5.41, 5.74) is 16.6. The van der Waals surface area contributed by atoms with Crippen molar-refractivity contribution < 1.29 is 8.83 Å². The van der Waals surface area contributed by atoms with Crippen molar-refractivity contribution in [1.82, 2.24) is 9.97 Å². The summed E-state index contributed by atoms with van der Waals surface area (Å²) >= 11 is 0. The number of nitrogens with zero attached hydrogens (tertiary/aromatic N) is 2. The van der Waals surface area contributed by atoms with Crippen molar-refractivity contribution in [2.75, 3.05) is 0 Å². The molecule has 0 aliphatic carbocycles. The van der Waals surface area contributed by atoms with Gasteiger partial charge in [-0.05, 0) is 69.8 Å². The Morgan fingerprint density at radius 1 is 0.258 bits per heavy atom. The van der Waals surface area contributed by atoms with Gasteiger partial charge in [-0.1, -0.05) is 182 Å². The third-order valence-electron chi connectivity index (χ3n) is 11.9. The van der Waals surface area contributed by atoms with Crippen molar-refractivity contribution in [3.63, 3.8) is 0 Å². The highest BCUT2D eigenvalue weighted by Crippen LogP contribution is 2.42. The number of benzene rings is 9. The molecule has 0 N–H and O–H groups in total. The maximum Gasteiger partial charge on any atom is 0.160 e. The van der Waals surface area contributed by atoms with Gasteiger partial charge in [-0.25, -0.2) is 9.97 Å². The van der Waals surface area contributed by atoms with E-state index in [4.69, 9.17) is 18.8 Å². The standard InChI is InChI=1S/C58H36N2O2/c1-3-13-37(14-4-1)39-25-29-41(30-26-39)52-36-53(60-58(59-52)42-31-27-40(28-32-42)38-15-5-2-6-16-38)45-34-43(46-19-11-21-50-48-17-7-9-23-54(48)61-56(46)50)33-44(35-45)47-20-12-22-51-49-18-8-10-24-55(49)62-57(47)51/h1-36H. The number of hydrogen-bond acceptors (Lipinski definition) is 4. The van der Waals surface area contributed by atoms with Crippen molar-refractivity contribution in [2.24, 2.45) is 0 Å². The second-order valence-corrected chi connectivity index (χ2v) is 15.7. The highest BCUT2D eigenvalue weighted by Gasteiger charge is 2.19. The third kappa shape index (κ3) is 6.25. The molecule has 290 valence electrons. The average Bonchev–Trinajstić information content (AvgIpc) is 3.93. The first-order valence-corrected chi connectivity index (χ1v) is 20.9. The minimum atomic E-state index is 0.648. The van der Waals surface area contributed by atoms with Crippen LogP contribution in [0.3, 0.4) is 0 Å². The Kier molecular flexibility index (Phi) is 8.46. The molecule has 0 bridgehead atoms. The zero-order valence-electron chi connectivity index (χ0n) is 33.5. The van der Waals surface area contributed by atoms with Crippen LogP contribution in [0.4, 0.5) is 0 Å². The lowest BCUT2D eigenvalue weighted by Gasteiger charge is -2.14. The van der Waals surface area contributed by atoms with Gasteiger partial charge < -0.3 is 8.83 Å². The third-order valence-corrected chi connectivity index (χ3v) is 11.9. The Labute approximate surface area is 358 Å². The van der Waals surface area contributed by atoms with E-state index in [1.807, 2.05) is 36.4 Å². The molecular formula is C58H36N2O2. The first kappa shape index (κ1) is 35.6. The van der Waals surface area contributed by atoms with E-state index >= 15 is 0 Å². The Hall–Kier alpha value is -8.34. The Balaban J connectivity index is 1.08. The molecule has 3 aromatic heterocycles. The summed E-state index contributed by atoms with van der Waals surface area (Å²) in [5.74, 6) is 0.648. The van der Waals surface area contributed by atoms with E-state index in [0.717, 1.165) is 111 Å². The van der Waals surface area contributed by atoms with Gasteiger partial charge >= 0.3 is 0 Å². The van der Waals surface area contributed by atoms with Gasteiger partial charge in [0.25, 0.3) is 0 Å². The molecular weight excluding hydrogens is 757 g/mol. The summed E-state index contributed by atoms with van der Waals surface area (Å²) in [7, 11) is 0. The molecule has 0 spiro atoms. The van der Waals surface area contributed by atoms with Crippen LogP contribution in [0.5, 0.6) is 0 Å². The SMILES string of the molecule is c1ccc(-c2ccc(-c3cc(-c4cc(-c5cccc6c5oc5ccccc56)cc(-c5cccc6c5oc5ccccc56)c4)nc(-c4ccc(-c5ccccc5)cc4)n3)cc2)cc1. The predicted octanol–water partition coefficient (Wildman–Crippen LogP) is 15.9. The normalized spacial score (nSPS) is 11.5. The predicted molar refractivity (Wildman–Crippen MR) is 255 cm³/mol. The van der Waals surface area contributed by atoms with Gasteiger partial charge in [0, 0.05) is 49.4 Å². The number of furan rings is 2. The van der Waals surface area contributed by atoms with Crippen LogP contribution in [-0.4, -0.2) is 9.97 Å². The molecule has 0 aliphatic heterocycles. The van der Waals surface area contributed by atoms with Crippen molar-refractivity contribution in [3.05, 3.63) is 218 Å². The summed E-state index contributed by atoms with van der Waals surface area (Å²) in [6, 6.07) is 76.2. The van der Waals surface area contributed by atoms with Gasteiger partial charge in [0.05, 0.1) is 11.4 Å². The molecule has 4 heteroatoms. The van der Waals surface area contributed by atoms with Crippen LogP contribution in [-0.2, 0) is 0 Å². The fraction of sp³-hybridized carbons (Fsp3) is 0. The first-order valence-electron chi connectivity index (χ1n) is 20.9. The highest BCUT2D eigenvalue weighted by molar-refractivity contribution is 6.11. The van der Waals surface area contributed by atoms with E-state index in [9.17, 15) is 0 Å². The molecule has 0 fully saturated rings.